The van der Waals surface area contributed by atoms with E-state index in [1.807, 2.05) is 36.1 Å². The predicted octanol–water partition coefficient (Wildman–Crippen LogP) is 2.63. The first-order chi connectivity index (χ1) is 15.0. The summed E-state index contributed by atoms with van der Waals surface area (Å²) >= 11 is 0. The van der Waals surface area contributed by atoms with Gasteiger partial charge in [0.05, 0.1) is 6.17 Å². The fourth-order valence-corrected chi connectivity index (χ4v) is 4.05. The van der Waals surface area contributed by atoms with Crippen LogP contribution in [0.2, 0.25) is 0 Å². The lowest BCUT2D eigenvalue weighted by molar-refractivity contribution is 0.0745. The number of pyridine rings is 1. The third-order valence-corrected chi connectivity index (χ3v) is 5.64. The van der Waals surface area contributed by atoms with Crippen LogP contribution in [0.25, 0.3) is 11.4 Å². The van der Waals surface area contributed by atoms with Crippen LogP contribution in [0.3, 0.4) is 0 Å². The molecule has 2 atom stereocenters. The lowest BCUT2D eigenvalue weighted by Crippen LogP contribution is -2.36. The number of aromatic nitrogens is 3. The van der Waals surface area contributed by atoms with E-state index in [0.29, 0.717) is 30.6 Å². The van der Waals surface area contributed by atoms with Gasteiger partial charge in [-0.2, -0.15) is 0 Å². The Bertz CT molecular complexity index is 1090. The van der Waals surface area contributed by atoms with Gasteiger partial charge in [0, 0.05) is 42.7 Å². The Morgan fingerprint density at radius 1 is 1.10 bits per heavy atom. The molecule has 5 rings (SSSR count). The lowest BCUT2D eigenvalue weighted by Gasteiger charge is -2.15. The molecule has 0 bridgehead atoms. The molecule has 8 nitrogen and oxygen atoms in total. The van der Waals surface area contributed by atoms with Crippen LogP contribution < -0.4 is 16.2 Å². The molecule has 0 spiro atoms. The van der Waals surface area contributed by atoms with Crippen LogP contribution in [0, 0.1) is 6.92 Å². The standard InChI is InChI=1S/C23H25N7O/c1-14-9-20(26-21-10-15(2)28-29-21)27-22(25-14)16-7-8-19(24-11-16)23(31)30-12-17-5-3-4-6-18(17)13-30/h3-9,11,15,21,28-29H,10,12-13H2,1-2H3,(H,25,26,27). The zero-order valence-electron chi connectivity index (χ0n) is 17.6. The van der Waals surface area contributed by atoms with E-state index < -0.39 is 0 Å². The van der Waals surface area contributed by atoms with Crippen molar-refractivity contribution in [2.45, 2.75) is 45.6 Å². The fraction of sp³-hybridized carbons (Fsp3) is 0.304. The van der Waals surface area contributed by atoms with Gasteiger partial charge in [-0.25, -0.2) is 15.4 Å². The van der Waals surface area contributed by atoms with E-state index in [1.54, 1.807) is 12.3 Å². The van der Waals surface area contributed by atoms with Gasteiger partial charge in [0.2, 0.25) is 0 Å². The molecule has 3 N–H and O–H groups in total. The zero-order chi connectivity index (χ0) is 21.4. The Balaban J connectivity index is 1.31. The summed E-state index contributed by atoms with van der Waals surface area (Å²) < 4.78 is 0. The first-order valence-electron chi connectivity index (χ1n) is 10.5. The van der Waals surface area contributed by atoms with E-state index >= 15 is 0 Å². The van der Waals surface area contributed by atoms with Crippen molar-refractivity contribution in [3.63, 3.8) is 0 Å². The summed E-state index contributed by atoms with van der Waals surface area (Å²) in [5, 5.41) is 3.39. The largest absolute Gasteiger partial charge is 0.353 e. The maximum atomic E-state index is 12.9. The van der Waals surface area contributed by atoms with E-state index in [2.05, 4.69) is 50.2 Å². The van der Waals surface area contributed by atoms with Gasteiger partial charge in [0.15, 0.2) is 5.82 Å². The average molecular weight is 416 g/mol. The second kappa shape index (κ2) is 8.05. The Morgan fingerprint density at radius 3 is 2.52 bits per heavy atom. The third kappa shape index (κ3) is 4.12. The van der Waals surface area contributed by atoms with Gasteiger partial charge in [-0.05, 0) is 43.5 Å². The molecule has 1 aromatic carbocycles. The number of benzene rings is 1. The van der Waals surface area contributed by atoms with Crippen LogP contribution in [0.4, 0.5) is 5.82 Å². The maximum absolute atomic E-state index is 12.9. The van der Waals surface area contributed by atoms with Crippen molar-refractivity contribution in [2.24, 2.45) is 0 Å². The van der Waals surface area contributed by atoms with Crippen molar-refractivity contribution in [1.29, 1.82) is 0 Å². The van der Waals surface area contributed by atoms with Crippen LogP contribution in [0.5, 0.6) is 0 Å². The number of carbonyl (C=O) groups excluding carboxylic acids is 1. The van der Waals surface area contributed by atoms with Crippen molar-refractivity contribution in [3.05, 3.63) is 71.2 Å². The highest BCUT2D eigenvalue weighted by atomic mass is 16.2. The summed E-state index contributed by atoms with van der Waals surface area (Å²) in [7, 11) is 0. The minimum Gasteiger partial charge on any atom is -0.353 e. The molecule has 8 heteroatoms. The molecule has 1 amide bonds. The van der Waals surface area contributed by atoms with Crippen LogP contribution in [-0.4, -0.2) is 38.0 Å². The number of anilines is 1. The summed E-state index contributed by atoms with van der Waals surface area (Å²) in [6.45, 7) is 5.31. The predicted molar refractivity (Wildman–Crippen MR) is 118 cm³/mol. The number of rotatable bonds is 4. The van der Waals surface area contributed by atoms with Gasteiger partial charge in [-0.3, -0.25) is 15.2 Å². The van der Waals surface area contributed by atoms with Crippen molar-refractivity contribution in [1.82, 2.24) is 30.7 Å². The highest BCUT2D eigenvalue weighted by Gasteiger charge is 2.25. The second-order valence-corrected chi connectivity index (χ2v) is 8.20. The van der Waals surface area contributed by atoms with Crippen molar-refractivity contribution in [3.8, 4) is 11.4 Å². The number of amides is 1. The molecule has 0 radical (unpaired) electrons. The molecule has 2 unspecified atom stereocenters. The maximum Gasteiger partial charge on any atom is 0.273 e. The quantitative estimate of drug-likeness (QED) is 0.603. The first kappa shape index (κ1) is 19.6. The molecule has 2 aliphatic heterocycles. The summed E-state index contributed by atoms with van der Waals surface area (Å²) in [6.07, 6.45) is 2.74. The molecular weight excluding hydrogens is 390 g/mol. The summed E-state index contributed by atoms with van der Waals surface area (Å²) in [5.41, 5.74) is 10.9. The third-order valence-electron chi connectivity index (χ3n) is 5.64. The van der Waals surface area contributed by atoms with Crippen molar-refractivity contribution >= 4 is 11.7 Å². The number of hydrazine groups is 1. The van der Waals surface area contributed by atoms with E-state index in [9.17, 15) is 4.79 Å². The number of fused-ring (bicyclic) bond motifs is 1. The minimum atomic E-state index is -0.0656. The Kier molecular flexibility index (Phi) is 5.09. The van der Waals surface area contributed by atoms with Crippen LogP contribution >= 0.6 is 0 Å². The highest BCUT2D eigenvalue weighted by Crippen LogP contribution is 2.24. The van der Waals surface area contributed by atoms with Gasteiger partial charge in [0.1, 0.15) is 11.5 Å². The average Bonchev–Trinajstić information content (AvgIpc) is 3.39. The van der Waals surface area contributed by atoms with E-state index in [-0.39, 0.29) is 12.1 Å². The Morgan fingerprint density at radius 2 is 1.87 bits per heavy atom. The van der Waals surface area contributed by atoms with Gasteiger partial charge < -0.3 is 10.2 Å². The molecule has 0 aliphatic carbocycles. The van der Waals surface area contributed by atoms with Crippen LogP contribution in [-0.2, 0) is 13.1 Å². The molecule has 2 aromatic heterocycles. The smallest absolute Gasteiger partial charge is 0.273 e. The van der Waals surface area contributed by atoms with Crippen LogP contribution in [0.15, 0.2) is 48.7 Å². The van der Waals surface area contributed by atoms with Gasteiger partial charge >= 0.3 is 0 Å². The van der Waals surface area contributed by atoms with Gasteiger partial charge in [-0.1, -0.05) is 24.3 Å². The van der Waals surface area contributed by atoms with Gasteiger partial charge in [-0.15, -0.1) is 0 Å². The topological polar surface area (TPSA) is 95.1 Å². The lowest BCUT2D eigenvalue weighted by atomic mass is 10.1. The molecular formula is C23H25N7O. The SMILES string of the molecule is Cc1cc(NC2CC(C)NN2)nc(-c2ccc(C(=O)N3Cc4ccccc4C3)nc2)n1. The summed E-state index contributed by atoms with van der Waals surface area (Å²) in [4.78, 5) is 28.3. The number of aryl methyl sites for hydroxylation is 1. The number of hydrogen-bond donors (Lipinski definition) is 3. The van der Waals surface area contributed by atoms with Crippen molar-refractivity contribution in [2.75, 3.05) is 5.32 Å². The van der Waals surface area contributed by atoms with Crippen molar-refractivity contribution < 1.29 is 4.79 Å². The summed E-state index contributed by atoms with van der Waals surface area (Å²) in [5.74, 6) is 1.27. The summed E-state index contributed by atoms with van der Waals surface area (Å²) in [6, 6.07) is 14.1. The zero-order valence-corrected chi connectivity index (χ0v) is 17.6. The van der Waals surface area contributed by atoms with E-state index in [0.717, 1.165) is 23.5 Å². The molecule has 158 valence electrons. The molecule has 0 saturated carbocycles. The number of hydrogen-bond acceptors (Lipinski definition) is 7. The van der Waals surface area contributed by atoms with E-state index in [1.165, 1.54) is 11.1 Å². The number of nitrogens with one attached hydrogen (secondary N) is 3. The molecule has 1 saturated heterocycles. The van der Waals surface area contributed by atoms with E-state index in [4.69, 9.17) is 0 Å². The first-order valence-corrected chi connectivity index (χ1v) is 10.5. The Hall–Kier alpha value is -3.36. The minimum absolute atomic E-state index is 0.0656. The molecule has 4 heterocycles. The Labute approximate surface area is 181 Å². The van der Waals surface area contributed by atoms with Crippen LogP contribution in [0.1, 0.15) is 40.7 Å². The monoisotopic (exact) mass is 415 g/mol. The molecule has 2 aliphatic rings. The normalized spacial score (nSPS) is 20.0. The number of nitrogens with zero attached hydrogens (tertiary/aromatic N) is 4. The molecule has 1 fully saturated rings. The van der Waals surface area contributed by atoms with Gasteiger partial charge in [0.25, 0.3) is 5.91 Å². The second-order valence-electron chi connectivity index (χ2n) is 8.20. The fourth-order valence-electron chi connectivity index (χ4n) is 4.05. The molecule has 31 heavy (non-hydrogen) atoms. The molecule has 3 aromatic rings. The highest BCUT2D eigenvalue weighted by molar-refractivity contribution is 5.92. The number of carbonyl (C=O) groups is 1.